The lowest BCUT2D eigenvalue weighted by Crippen LogP contribution is -2.49. The third kappa shape index (κ3) is 7.40. The Morgan fingerprint density at radius 3 is 2.37 bits per heavy atom. The Balaban J connectivity index is 0.00000364. The molecular formula is C20H40IN5O. The summed E-state index contributed by atoms with van der Waals surface area (Å²) in [5.41, 5.74) is -0.258. The first-order valence-electron chi connectivity index (χ1n) is 10.4. The molecule has 1 heterocycles. The number of hydrogen-bond acceptors (Lipinski definition) is 3. The van der Waals surface area contributed by atoms with Crippen molar-refractivity contribution in [3.05, 3.63) is 0 Å². The van der Waals surface area contributed by atoms with E-state index < -0.39 is 0 Å². The van der Waals surface area contributed by atoms with Crippen LogP contribution in [0.25, 0.3) is 0 Å². The SMILES string of the molecule is CN=C(NCCCN1CCC(C)CC1)NCC1(C(=O)N(C)C)CCCC1.I. The average molecular weight is 493 g/mol. The van der Waals surface area contributed by atoms with Gasteiger partial charge in [-0.3, -0.25) is 9.79 Å². The molecule has 2 N–H and O–H groups in total. The zero-order valence-electron chi connectivity index (χ0n) is 17.7. The molecule has 0 aromatic heterocycles. The highest BCUT2D eigenvalue weighted by atomic mass is 127. The number of carbonyl (C=O) groups is 1. The molecule has 0 radical (unpaired) electrons. The molecule has 2 rings (SSSR count). The standard InChI is InChI=1S/C20H39N5O.HI/c1-17-8-14-25(15-9-17)13-7-12-22-19(21-2)23-16-20(10-5-6-11-20)18(26)24(3)4;/h17H,5-16H2,1-4H3,(H2,21,22,23);1H. The molecule has 0 atom stereocenters. The van der Waals surface area contributed by atoms with Crippen LogP contribution in [0.1, 0.15) is 51.9 Å². The molecule has 0 aromatic rings. The van der Waals surface area contributed by atoms with Crippen molar-refractivity contribution in [2.24, 2.45) is 16.3 Å². The molecule has 158 valence electrons. The Morgan fingerprint density at radius 1 is 1.19 bits per heavy atom. The van der Waals surface area contributed by atoms with Gasteiger partial charge in [0.15, 0.2) is 5.96 Å². The smallest absolute Gasteiger partial charge is 0.230 e. The van der Waals surface area contributed by atoms with Gasteiger partial charge >= 0.3 is 0 Å². The predicted molar refractivity (Wildman–Crippen MR) is 124 cm³/mol. The number of amides is 1. The molecule has 0 unspecified atom stereocenters. The van der Waals surface area contributed by atoms with Gasteiger partial charge in [0.25, 0.3) is 0 Å². The first kappa shape index (κ1) is 24.5. The topological polar surface area (TPSA) is 60.0 Å². The second-order valence-corrected chi connectivity index (χ2v) is 8.42. The zero-order valence-corrected chi connectivity index (χ0v) is 20.1. The van der Waals surface area contributed by atoms with Gasteiger partial charge in [0, 0.05) is 34.2 Å². The number of carbonyl (C=O) groups excluding carboxylic acids is 1. The molecular weight excluding hydrogens is 453 g/mol. The summed E-state index contributed by atoms with van der Waals surface area (Å²) in [6, 6.07) is 0. The van der Waals surface area contributed by atoms with E-state index in [1.54, 1.807) is 11.9 Å². The van der Waals surface area contributed by atoms with Crippen LogP contribution >= 0.6 is 24.0 Å². The fourth-order valence-corrected chi connectivity index (χ4v) is 4.26. The van der Waals surface area contributed by atoms with E-state index in [0.29, 0.717) is 6.54 Å². The van der Waals surface area contributed by atoms with Gasteiger partial charge in [-0.05, 0) is 57.7 Å². The van der Waals surface area contributed by atoms with Gasteiger partial charge in [0.1, 0.15) is 0 Å². The number of piperidine rings is 1. The van der Waals surface area contributed by atoms with Crippen LogP contribution in [0.15, 0.2) is 4.99 Å². The number of halogens is 1. The summed E-state index contributed by atoms with van der Waals surface area (Å²) < 4.78 is 0. The number of hydrogen-bond donors (Lipinski definition) is 2. The Kier molecular flexibility index (Phi) is 11.0. The van der Waals surface area contributed by atoms with Crippen LogP contribution < -0.4 is 10.6 Å². The van der Waals surface area contributed by atoms with E-state index in [2.05, 4.69) is 27.4 Å². The minimum absolute atomic E-state index is 0. The first-order valence-corrected chi connectivity index (χ1v) is 10.4. The van der Waals surface area contributed by atoms with Crippen molar-refractivity contribution in [1.82, 2.24) is 20.4 Å². The Labute approximate surface area is 182 Å². The van der Waals surface area contributed by atoms with Gasteiger partial charge in [-0.2, -0.15) is 0 Å². The molecule has 1 aliphatic carbocycles. The van der Waals surface area contributed by atoms with Gasteiger partial charge in [-0.1, -0.05) is 19.8 Å². The third-order valence-corrected chi connectivity index (χ3v) is 6.06. The van der Waals surface area contributed by atoms with E-state index in [4.69, 9.17) is 0 Å². The Hall–Kier alpha value is -0.570. The first-order chi connectivity index (χ1) is 12.5. The van der Waals surface area contributed by atoms with E-state index in [1.165, 1.54) is 25.9 Å². The number of rotatable bonds is 7. The molecule has 1 amide bonds. The second kappa shape index (κ2) is 12.1. The summed E-state index contributed by atoms with van der Waals surface area (Å²) in [6.07, 6.45) is 8.01. The molecule has 1 aliphatic heterocycles. The third-order valence-electron chi connectivity index (χ3n) is 6.06. The molecule has 6 nitrogen and oxygen atoms in total. The van der Waals surface area contributed by atoms with Gasteiger partial charge in [-0.25, -0.2) is 0 Å². The summed E-state index contributed by atoms with van der Waals surface area (Å²) in [6.45, 7) is 7.58. The second-order valence-electron chi connectivity index (χ2n) is 8.42. The average Bonchev–Trinajstić information content (AvgIpc) is 3.12. The van der Waals surface area contributed by atoms with Crippen molar-refractivity contribution in [3.8, 4) is 0 Å². The monoisotopic (exact) mass is 493 g/mol. The predicted octanol–water partition coefficient (Wildman–Crippen LogP) is 2.54. The highest BCUT2D eigenvalue weighted by Crippen LogP contribution is 2.38. The molecule has 2 aliphatic rings. The molecule has 2 fully saturated rings. The summed E-state index contributed by atoms with van der Waals surface area (Å²) in [4.78, 5) is 21.3. The molecule has 0 spiro atoms. The van der Waals surface area contributed by atoms with Crippen molar-refractivity contribution < 1.29 is 4.79 Å². The van der Waals surface area contributed by atoms with Crippen LogP contribution in [-0.2, 0) is 4.79 Å². The highest BCUT2D eigenvalue weighted by molar-refractivity contribution is 14.0. The normalized spacial score (nSPS) is 20.8. The fourth-order valence-electron chi connectivity index (χ4n) is 4.26. The lowest BCUT2D eigenvalue weighted by Gasteiger charge is -2.31. The number of aliphatic imine (C=N–C) groups is 1. The molecule has 1 saturated heterocycles. The summed E-state index contributed by atoms with van der Waals surface area (Å²) >= 11 is 0. The summed E-state index contributed by atoms with van der Waals surface area (Å²) in [7, 11) is 5.52. The van der Waals surface area contributed by atoms with Crippen molar-refractivity contribution in [1.29, 1.82) is 0 Å². The van der Waals surface area contributed by atoms with Gasteiger partial charge < -0.3 is 20.4 Å². The minimum Gasteiger partial charge on any atom is -0.356 e. The van der Waals surface area contributed by atoms with Crippen LogP contribution in [-0.4, -0.2) is 75.5 Å². The van der Waals surface area contributed by atoms with E-state index in [-0.39, 0.29) is 35.3 Å². The van der Waals surface area contributed by atoms with Crippen molar-refractivity contribution in [2.75, 3.05) is 53.9 Å². The Morgan fingerprint density at radius 2 is 1.81 bits per heavy atom. The van der Waals surface area contributed by atoms with Crippen molar-refractivity contribution in [2.45, 2.75) is 51.9 Å². The largest absolute Gasteiger partial charge is 0.356 e. The van der Waals surface area contributed by atoms with E-state index >= 15 is 0 Å². The number of nitrogens with one attached hydrogen (secondary N) is 2. The molecule has 0 bridgehead atoms. The summed E-state index contributed by atoms with van der Waals surface area (Å²) in [5.74, 6) is 1.95. The number of guanidine groups is 1. The lowest BCUT2D eigenvalue weighted by atomic mass is 9.84. The maximum absolute atomic E-state index is 12.6. The fraction of sp³-hybridized carbons (Fsp3) is 0.900. The molecule has 0 aromatic carbocycles. The van der Waals surface area contributed by atoms with Gasteiger partial charge in [0.05, 0.1) is 5.41 Å². The number of nitrogens with zero attached hydrogens (tertiary/aromatic N) is 3. The van der Waals surface area contributed by atoms with Crippen LogP contribution in [0, 0.1) is 11.3 Å². The number of likely N-dealkylation sites (tertiary alicyclic amines) is 1. The Bertz CT molecular complexity index is 469. The maximum atomic E-state index is 12.6. The van der Waals surface area contributed by atoms with Crippen LogP contribution in [0.2, 0.25) is 0 Å². The molecule has 7 heteroatoms. The van der Waals surface area contributed by atoms with E-state index in [1.807, 2.05) is 14.1 Å². The van der Waals surface area contributed by atoms with Gasteiger partial charge in [0.2, 0.25) is 5.91 Å². The molecule has 27 heavy (non-hydrogen) atoms. The van der Waals surface area contributed by atoms with Gasteiger partial charge in [-0.15, -0.1) is 24.0 Å². The van der Waals surface area contributed by atoms with Crippen LogP contribution in [0.3, 0.4) is 0 Å². The zero-order chi connectivity index (χ0) is 19.0. The van der Waals surface area contributed by atoms with Crippen molar-refractivity contribution >= 4 is 35.8 Å². The van der Waals surface area contributed by atoms with E-state index in [0.717, 1.165) is 57.1 Å². The quantitative estimate of drug-likeness (QED) is 0.248. The highest BCUT2D eigenvalue weighted by Gasteiger charge is 2.42. The van der Waals surface area contributed by atoms with Crippen LogP contribution in [0.4, 0.5) is 0 Å². The van der Waals surface area contributed by atoms with Crippen LogP contribution in [0.5, 0.6) is 0 Å². The lowest BCUT2D eigenvalue weighted by molar-refractivity contribution is -0.138. The minimum atomic E-state index is -0.258. The van der Waals surface area contributed by atoms with Crippen molar-refractivity contribution in [3.63, 3.8) is 0 Å². The maximum Gasteiger partial charge on any atom is 0.230 e. The summed E-state index contributed by atoms with van der Waals surface area (Å²) in [5, 5.41) is 6.82. The molecule has 1 saturated carbocycles. The van der Waals surface area contributed by atoms with E-state index in [9.17, 15) is 4.79 Å².